The molecule has 4 aromatic carbocycles. The standard InChI is InChI=1S/C27H21N/c1-3-13-25(14-4-1)28(26-15-5-2-6-16-26)27-17-9-12-23(20-27)24-18-21-10-7-8-11-22(21)19-24/h1-18,20H,19H2. The van der Waals surface area contributed by atoms with E-state index in [0.29, 0.717) is 0 Å². The molecule has 1 nitrogen and oxygen atoms in total. The molecule has 5 rings (SSSR count). The summed E-state index contributed by atoms with van der Waals surface area (Å²) in [6.45, 7) is 0. The van der Waals surface area contributed by atoms with Crippen LogP contribution in [0.2, 0.25) is 0 Å². The lowest BCUT2D eigenvalue weighted by atomic mass is 10.0. The van der Waals surface area contributed by atoms with E-state index in [2.05, 4.69) is 120 Å². The Hall–Kier alpha value is -3.58. The van der Waals surface area contributed by atoms with Gasteiger partial charge in [-0.2, -0.15) is 0 Å². The number of rotatable bonds is 4. The fraction of sp³-hybridized carbons (Fsp3) is 0.0370. The van der Waals surface area contributed by atoms with E-state index in [4.69, 9.17) is 0 Å². The molecule has 0 radical (unpaired) electrons. The van der Waals surface area contributed by atoms with Crippen molar-refractivity contribution in [2.75, 3.05) is 4.90 Å². The first-order chi connectivity index (χ1) is 13.9. The molecule has 0 fully saturated rings. The summed E-state index contributed by atoms with van der Waals surface area (Å²) in [6, 6.07) is 38.6. The molecule has 0 atom stereocenters. The summed E-state index contributed by atoms with van der Waals surface area (Å²) in [5, 5.41) is 0. The Kier molecular flexibility index (Phi) is 4.27. The molecule has 1 aliphatic carbocycles. The zero-order valence-electron chi connectivity index (χ0n) is 15.6. The summed E-state index contributed by atoms with van der Waals surface area (Å²) >= 11 is 0. The highest BCUT2D eigenvalue weighted by atomic mass is 15.1. The van der Waals surface area contributed by atoms with Crippen LogP contribution in [0.5, 0.6) is 0 Å². The molecule has 134 valence electrons. The number of anilines is 3. The van der Waals surface area contributed by atoms with Gasteiger partial charge in [0.25, 0.3) is 0 Å². The van der Waals surface area contributed by atoms with Crippen LogP contribution in [0.1, 0.15) is 16.7 Å². The Morgan fingerprint density at radius 2 is 1.14 bits per heavy atom. The number of para-hydroxylation sites is 2. The fourth-order valence-corrected chi connectivity index (χ4v) is 3.91. The lowest BCUT2D eigenvalue weighted by Crippen LogP contribution is -2.09. The van der Waals surface area contributed by atoms with Crippen molar-refractivity contribution in [1.29, 1.82) is 0 Å². The molecular formula is C27H21N. The SMILES string of the molecule is C1=C(c2cccc(N(c3ccccc3)c3ccccc3)c2)Cc2ccccc21. The number of benzene rings is 4. The van der Waals surface area contributed by atoms with Crippen LogP contribution in [0.25, 0.3) is 11.6 Å². The Bertz CT molecular complexity index is 1090. The molecule has 28 heavy (non-hydrogen) atoms. The minimum atomic E-state index is 0.996. The van der Waals surface area contributed by atoms with E-state index in [9.17, 15) is 0 Å². The van der Waals surface area contributed by atoms with Gasteiger partial charge in [-0.05, 0) is 65.1 Å². The number of fused-ring (bicyclic) bond motifs is 1. The van der Waals surface area contributed by atoms with Gasteiger partial charge in [-0.3, -0.25) is 0 Å². The van der Waals surface area contributed by atoms with Crippen LogP contribution in [0.3, 0.4) is 0 Å². The predicted octanol–water partition coefficient (Wildman–Crippen LogP) is 7.25. The maximum Gasteiger partial charge on any atom is 0.0467 e. The third-order valence-corrected chi connectivity index (χ3v) is 5.27. The second-order valence-electron chi connectivity index (χ2n) is 7.10. The third-order valence-electron chi connectivity index (χ3n) is 5.27. The fourth-order valence-electron chi connectivity index (χ4n) is 3.91. The van der Waals surface area contributed by atoms with E-state index >= 15 is 0 Å². The minimum Gasteiger partial charge on any atom is -0.310 e. The Morgan fingerprint density at radius 1 is 0.536 bits per heavy atom. The summed E-state index contributed by atoms with van der Waals surface area (Å²) in [4.78, 5) is 2.31. The van der Waals surface area contributed by atoms with Crippen molar-refractivity contribution < 1.29 is 0 Å². The van der Waals surface area contributed by atoms with Gasteiger partial charge in [-0.25, -0.2) is 0 Å². The van der Waals surface area contributed by atoms with Crippen LogP contribution < -0.4 is 4.90 Å². The maximum atomic E-state index is 2.32. The van der Waals surface area contributed by atoms with Crippen LogP contribution >= 0.6 is 0 Å². The van der Waals surface area contributed by atoms with Crippen molar-refractivity contribution in [3.8, 4) is 0 Å². The average molecular weight is 359 g/mol. The lowest BCUT2D eigenvalue weighted by molar-refractivity contribution is 1.27. The molecule has 0 saturated heterocycles. The molecule has 0 aliphatic heterocycles. The molecule has 0 aromatic heterocycles. The second-order valence-corrected chi connectivity index (χ2v) is 7.10. The van der Waals surface area contributed by atoms with E-state index in [0.717, 1.165) is 17.8 Å². The van der Waals surface area contributed by atoms with Gasteiger partial charge in [0, 0.05) is 17.1 Å². The van der Waals surface area contributed by atoms with Gasteiger partial charge in [0.1, 0.15) is 0 Å². The zero-order chi connectivity index (χ0) is 18.8. The molecule has 0 saturated carbocycles. The monoisotopic (exact) mass is 359 g/mol. The molecule has 0 bridgehead atoms. The number of allylic oxidation sites excluding steroid dienone is 1. The third kappa shape index (κ3) is 3.12. The normalized spacial score (nSPS) is 12.4. The topological polar surface area (TPSA) is 3.24 Å². The van der Waals surface area contributed by atoms with Crippen LogP contribution in [-0.2, 0) is 6.42 Å². The number of hydrogen-bond acceptors (Lipinski definition) is 1. The van der Waals surface area contributed by atoms with Crippen molar-refractivity contribution in [2.45, 2.75) is 6.42 Å². The number of nitrogens with zero attached hydrogens (tertiary/aromatic N) is 1. The zero-order valence-corrected chi connectivity index (χ0v) is 15.6. The van der Waals surface area contributed by atoms with Crippen molar-refractivity contribution in [3.05, 3.63) is 126 Å². The van der Waals surface area contributed by atoms with E-state index in [1.54, 1.807) is 0 Å². The van der Waals surface area contributed by atoms with Crippen molar-refractivity contribution in [3.63, 3.8) is 0 Å². The minimum absolute atomic E-state index is 0.996. The van der Waals surface area contributed by atoms with Crippen molar-refractivity contribution in [1.82, 2.24) is 0 Å². The van der Waals surface area contributed by atoms with Gasteiger partial charge < -0.3 is 4.90 Å². The summed E-state index contributed by atoms with van der Waals surface area (Å²) in [6.07, 6.45) is 3.32. The first kappa shape index (κ1) is 16.6. The summed E-state index contributed by atoms with van der Waals surface area (Å²) in [7, 11) is 0. The molecule has 0 heterocycles. The van der Waals surface area contributed by atoms with Crippen LogP contribution in [-0.4, -0.2) is 0 Å². The largest absolute Gasteiger partial charge is 0.310 e. The molecule has 4 aromatic rings. The summed E-state index contributed by atoms with van der Waals surface area (Å²) < 4.78 is 0. The van der Waals surface area contributed by atoms with Crippen LogP contribution in [0.4, 0.5) is 17.1 Å². The predicted molar refractivity (Wildman–Crippen MR) is 119 cm³/mol. The Balaban J connectivity index is 1.57. The highest BCUT2D eigenvalue weighted by Gasteiger charge is 2.16. The molecule has 1 aliphatic rings. The molecule has 0 N–H and O–H groups in total. The first-order valence-electron chi connectivity index (χ1n) is 9.68. The quantitative estimate of drug-likeness (QED) is 0.371. The van der Waals surface area contributed by atoms with Crippen LogP contribution in [0.15, 0.2) is 109 Å². The van der Waals surface area contributed by atoms with Crippen LogP contribution in [0, 0.1) is 0 Å². The Morgan fingerprint density at radius 3 is 1.82 bits per heavy atom. The molecular weight excluding hydrogens is 338 g/mol. The first-order valence-corrected chi connectivity index (χ1v) is 9.68. The highest BCUT2D eigenvalue weighted by molar-refractivity contribution is 5.90. The number of hydrogen-bond donors (Lipinski definition) is 0. The van der Waals surface area contributed by atoms with Gasteiger partial charge in [0.15, 0.2) is 0 Å². The van der Waals surface area contributed by atoms with E-state index in [-0.39, 0.29) is 0 Å². The van der Waals surface area contributed by atoms with Gasteiger partial charge in [0.2, 0.25) is 0 Å². The van der Waals surface area contributed by atoms with E-state index in [1.807, 2.05) is 0 Å². The van der Waals surface area contributed by atoms with E-state index in [1.165, 1.54) is 28.0 Å². The lowest BCUT2D eigenvalue weighted by Gasteiger charge is -2.26. The van der Waals surface area contributed by atoms with Gasteiger partial charge in [0.05, 0.1) is 0 Å². The second kappa shape index (κ2) is 7.21. The van der Waals surface area contributed by atoms with Gasteiger partial charge >= 0.3 is 0 Å². The molecule has 0 spiro atoms. The molecule has 0 amide bonds. The van der Waals surface area contributed by atoms with Gasteiger partial charge in [-0.1, -0.05) is 78.9 Å². The van der Waals surface area contributed by atoms with Crippen molar-refractivity contribution in [2.24, 2.45) is 0 Å². The van der Waals surface area contributed by atoms with Crippen molar-refractivity contribution >= 4 is 28.7 Å². The smallest absolute Gasteiger partial charge is 0.0467 e. The highest BCUT2D eigenvalue weighted by Crippen LogP contribution is 2.37. The Labute approximate surface area is 166 Å². The summed E-state index contributed by atoms with van der Waals surface area (Å²) in [5.41, 5.74) is 8.90. The molecule has 0 unspecified atom stereocenters. The molecule has 1 heteroatoms. The van der Waals surface area contributed by atoms with Gasteiger partial charge in [-0.15, -0.1) is 0 Å². The average Bonchev–Trinajstić information content (AvgIpc) is 3.20. The summed E-state index contributed by atoms with van der Waals surface area (Å²) in [5.74, 6) is 0. The van der Waals surface area contributed by atoms with E-state index < -0.39 is 0 Å². The maximum absolute atomic E-state index is 2.32.